The van der Waals surface area contributed by atoms with Crippen molar-refractivity contribution in [3.8, 4) is 0 Å². The van der Waals surface area contributed by atoms with E-state index >= 15 is 0 Å². The molecule has 0 aliphatic heterocycles. The second-order valence-corrected chi connectivity index (χ2v) is 0.861. The lowest BCUT2D eigenvalue weighted by Crippen LogP contribution is -2.29. The smallest absolute Gasteiger partial charge is 0.331 e. The molecule has 0 aromatic rings. The monoisotopic (exact) mass is 112 g/mol. The Kier molecular flexibility index (Phi) is 1.39. The van der Waals surface area contributed by atoms with Crippen molar-refractivity contribution >= 4 is 6.04 Å². The number of carbonyl (C=O) groups excluding carboxylic acids is 1. The average Bonchev–Trinajstić information content (AvgIpc) is 1.31. The molecule has 0 bridgehead atoms. The molecule has 0 saturated heterocycles. The highest BCUT2D eigenvalue weighted by Crippen LogP contribution is 2.01. The Morgan fingerprint density at radius 2 is 1.71 bits per heavy atom. The van der Waals surface area contributed by atoms with Crippen LogP contribution >= 0.6 is 0 Å². The van der Waals surface area contributed by atoms with Crippen LogP contribution in [0, 0.1) is 0 Å². The van der Waals surface area contributed by atoms with E-state index in [2.05, 4.69) is 0 Å². The molecule has 0 saturated carbocycles. The van der Waals surface area contributed by atoms with Crippen molar-refractivity contribution in [2.75, 3.05) is 0 Å². The predicted molar refractivity (Wildman–Crippen MR) is 14.4 cm³/mol. The Morgan fingerprint density at radius 1 is 1.57 bits per heavy atom. The standard InChI is InChI=1S/C2H2F2O3/c3-1(5)2(4,6)7/h6-7H. The van der Waals surface area contributed by atoms with E-state index in [9.17, 15) is 8.78 Å². The molecule has 2 N–H and O–H groups in total. The van der Waals surface area contributed by atoms with Gasteiger partial charge in [-0.25, -0.2) is 0 Å². The van der Waals surface area contributed by atoms with E-state index in [0.717, 1.165) is 0 Å². The molecule has 3 nitrogen and oxygen atoms in total. The van der Waals surface area contributed by atoms with Crippen LogP contribution < -0.4 is 0 Å². The number of hydrogen-bond donors (Lipinski definition) is 2. The van der Waals surface area contributed by atoms with E-state index in [1.807, 2.05) is 0 Å². The third kappa shape index (κ3) is 2.18. The second-order valence-electron chi connectivity index (χ2n) is 0.861. The molecule has 5 heteroatoms. The fourth-order valence-corrected chi connectivity index (χ4v) is 0. The van der Waals surface area contributed by atoms with E-state index in [0.29, 0.717) is 0 Å². The Hall–Kier alpha value is -0.550. The van der Waals surface area contributed by atoms with Crippen LogP contribution in [0.15, 0.2) is 0 Å². The third-order valence-electron chi connectivity index (χ3n) is 0.250. The van der Waals surface area contributed by atoms with Crippen molar-refractivity contribution < 1.29 is 23.8 Å². The third-order valence-corrected chi connectivity index (χ3v) is 0.250. The maximum atomic E-state index is 10.9. The van der Waals surface area contributed by atoms with Gasteiger partial charge < -0.3 is 10.2 Å². The molecule has 0 fully saturated rings. The van der Waals surface area contributed by atoms with Crippen molar-refractivity contribution in [1.82, 2.24) is 0 Å². The van der Waals surface area contributed by atoms with Gasteiger partial charge in [-0.05, 0) is 0 Å². The minimum absolute atomic E-state index is 2.81. The SMILES string of the molecule is O=C(F)C(O)(O)F. The zero-order valence-corrected chi connectivity index (χ0v) is 3.06. The molecule has 0 amide bonds. The number of rotatable bonds is 1. The van der Waals surface area contributed by atoms with Crippen LogP contribution in [0.4, 0.5) is 8.78 Å². The highest BCUT2D eigenvalue weighted by atomic mass is 19.2. The van der Waals surface area contributed by atoms with Crippen LogP contribution in [0.1, 0.15) is 0 Å². The number of aliphatic hydroxyl groups is 2. The van der Waals surface area contributed by atoms with Gasteiger partial charge in [0.05, 0.1) is 0 Å². The summed E-state index contributed by atoms with van der Waals surface area (Å²) in [5, 5.41) is 14.5. The molecule has 0 heterocycles. The predicted octanol–water partition coefficient (Wildman–Crippen LogP) is -0.910. The molecule has 0 aromatic heterocycles. The van der Waals surface area contributed by atoms with Gasteiger partial charge >= 0.3 is 12.1 Å². The summed E-state index contributed by atoms with van der Waals surface area (Å²) in [4.78, 5) is 8.92. The highest BCUT2D eigenvalue weighted by molar-refractivity contribution is 5.73. The molecule has 0 unspecified atom stereocenters. The summed E-state index contributed by atoms with van der Waals surface area (Å²) in [6.45, 7) is 0. The summed E-state index contributed by atoms with van der Waals surface area (Å²) in [7, 11) is 0. The second kappa shape index (κ2) is 1.51. The molecule has 0 aromatic carbocycles. The van der Waals surface area contributed by atoms with Crippen LogP contribution in [0.5, 0.6) is 0 Å². The summed E-state index contributed by atoms with van der Waals surface area (Å²) in [5.74, 6) is 0. The Bertz CT molecular complexity index is 83.4. The largest absolute Gasteiger partial charge is 0.409 e. The first-order valence-corrected chi connectivity index (χ1v) is 1.28. The fourth-order valence-electron chi connectivity index (χ4n) is 0. The first-order valence-electron chi connectivity index (χ1n) is 1.28. The molecule has 0 aliphatic rings. The van der Waals surface area contributed by atoms with Crippen LogP contribution in [-0.4, -0.2) is 22.3 Å². The lowest BCUT2D eigenvalue weighted by molar-refractivity contribution is -0.253. The van der Waals surface area contributed by atoms with Crippen molar-refractivity contribution in [3.63, 3.8) is 0 Å². The molecular formula is C2H2F2O3. The zero-order chi connectivity index (χ0) is 6.08. The van der Waals surface area contributed by atoms with Gasteiger partial charge in [-0.15, -0.1) is 0 Å². The van der Waals surface area contributed by atoms with Crippen LogP contribution in [0.25, 0.3) is 0 Å². The Morgan fingerprint density at radius 3 is 1.71 bits per heavy atom. The minimum Gasteiger partial charge on any atom is -0.331 e. The Labute approximate surface area is 37.2 Å². The number of carbonyl (C=O) groups is 1. The van der Waals surface area contributed by atoms with E-state index in [1.165, 1.54) is 0 Å². The van der Waals surface area contributed by atoms with Crippen LogP contribution in [0.3, 0.4) is 0 Å². The maximum absolute atomic E-state index is 10.9. The molecule has 0 aliphatic carbocycles. The zero-order valence-electron chi connectivity index (χ0n) is 3.06. The minimum atomic E-state index is -4.31. The number of alkyl halides is 1. The van der Waals surface area contributed by atoms with Crippen molar-refractivity contribution in [2.45, 2.75) is 6.04 Å². The summed E-state index contributed by atoms with van der Waals surface area (Å²) in [6, 6.07) is -7.12. The van der Waals surface area contributed by atoms with E-state index in [1.54, 1.807) is 0 Å². The van der Waals surface area contributed by atoms with Gasteiger partial charge in [0.1, 0.15) is 0 Å². The van der Waals surface area contributed by atoms with E-state index in [4.69, 9.17) is 15.0 Å². The van der Waals surface area contributed by atoms with Crippen LogP contribution in [-0.2, 0) is 4.79 Å². The fraction of sp³-hybridized carbons (Fsp3) is 0.500. The molecule has 42 valence electrons. The van der Waals surface area contributed by atoms with Crippen LogP contribution in [0.2, 0.25) is 0 Å². The molecular weight excluding hydrogens is 110 g/mol. The topological polar surface area (TPSA) is 57.5 Å². The highest BCUT2D eigenvalue weighted by Gasteiger charge is 2.32. The van der Waals surface area contributed by atoms with Crippen molar-refractivity contribution in [3.05, 3.63) is 0 Å². The first kappa shape index (κ1) is 6.45. The maximum Gasteiger partial charge on any atom is 0.409 e. The first-order chi connectivity index (χ1) is 2.94. The van der Waals surface area contributed by atoms with Gasteiger partial charge in [0, 0.05) is 0 Å². The van der Waals surface area contributed by atoms with Crippen molar-refractivity contribution in [2.24, 2.45) is 0 Å². The van der Waals surface area contributed by atoms with Gasteiger partial charge in [0.15, 0.2) is 0 Å². The number of halogens is 2. The average molecular weight is 112 g/mol. The van der Waals surface area contributed by atoms with Crippen molar-refractivity contribution in [1.29, 1.82) is 0 Å². The molecule has 0 rings (SSSR count). The molecule has 7 heavy (non-hydrogen) atoms. The summed E-state index contributed by atoms with van der Waals surface area (Å²) in [6.07, 6.45) is 0. The molecule has 0 spiro atoms. The van der Waals surface area contributed by atoms with E-state index in [-0.39, 0.29) is 0 Å². The van der Waals surface area contributed by atoms with E-state index < -0.39 is 12.1 Å². The summed E-state index contributed by atoms with van der Waals surface area (Å²) in [5.41, 5.74) is 0. The number of hydrogen-bond acceptors (Lipinski definition) is 3. The van der Waals surface area contributed by atoms with Gasteiger partial charge in [-0.3, -0.25) is 4.79 Å². The van der Waals surface area contributed by atoms with Gasteiger partial charge in [0.25, 0.3) is 0 Å². The van der Waals surface area contributed by atoms with Gasteiger partial charge in [0.2, 0.25) is 0 Å². The lowest BCUT2D eigenvalue weighted by Gasteiger charge is -1.99. The lowest BCUT2D eigenvalue weighted by atomic mass is 10.6. The summed E-state index contributed by atoms with van der Waals surface area (Å²) < 4.78 is 21.6. The molecule has 0 atom stereocenters. The Balaban J connectivity index is 3.79. The van der Waals surface area contributed by atoms with Gasteiger partial charge in [-0.2, -0.15) is 8.78 Å². The summed E-state index contributed by atoms with van der Waals surface area (Å²) >= 11 is 0. The molecule has 0 radical (unpaired) electrons. The normalized spacial score (nSPS) is 11.4. The quantitative estimate of drug-likeness (QED) is 0.341. The van der Waals surface area contributed by atoms with Gasteiger partial charge in [-0.1, -0.05) is 0 Å².